The van der Waals surface area contributed by atoms with Crippen molar-refractivity contribution in [2.45, 2.75) is 31.7 Å². The minimum atomic E-state index is 0.418. The summed E-state index contributed by atoms with van der Waals surface area (Å²) in [5, 5.41) is 0.617. The summed E-state index contributed by atoms with van der Waals surface area (Å²) < 4.78 is 2.19. The van der Waals surface area contributed by atoms with Crippen LogP contribution in [0.4, 0.5) is 0 Å². The first kappa shape index (κ1) is 11.3. The zero-order chi connectivity index (χ0) is 12.0. The molecular weight excluding hydrogens is 257 g/mol. The summed E-state index contributed by atoms with van der Waals surface area (Å²) in [6.07, 6.45) is 4.07. The average Bonchev–Trinajstić information content (AvgIpc) is 3.02. The van der Waals surface area contributed by atoms with Crippen molar-refractivity contribution in [3.63, 3.8) is 0 Å². The quantitative estimate of drug-likeness (QED) is 0.794. The molecule has 17 heavy (non-hydrogen) atoms. The zero-order valence-corrected chi connectivity index (χ0v) is 11.0. The Bertz CT molecular complexity index is 564. The van der Waals surface area contributed by atoms with Gasteiger partial charge in [-0.2, -0.15) is 0 Å². The average molecular weight is 270 g/mol. The minimum absolute atomic E-state index is 0.418. The van der Waals surface area contributed by atoms with Crippen molar-refractivity contribution in [3.05, 3.63) is 23.1 Å². The second-order valence-electron chi connectivity index (χ2n) is 4.50. The predicted octanol–water partition coefficient (Wildman–Crippen LogP) is 3.79. The number of pyridine rings is 1. The Labute approximate surface area is 110 Å². The second kappa shape index (κ2) is 4.14. The van der Waals surface area contributed by atoms with E-state index in [2.05, 4.69) is 21.5 Å². The van der Waals surface area contributed by atoms with E-state index in [9.17, 15) is 0 Å². The summed E-state index contributed by atoms with van der Waals surface area (Å²) in [5.41, 5.74) is 1.75. The Morgan fingerprint density at radius 2 is 2.35 bits per heavy atom. The molecule has 0 spiro atoms. The molecule has 0 N–H and O–H groups in total. The molecule has 0 saturated heterocycles. The minimum Gasteiger partial charge on any atom is -0.308 e. The number of hydrogen-bond acceptors (Lipinski definition) is 2. The van der Waals surface area contributed by atoms with Gasteiger partial charge >= 0.3 is 0 Å². The van der Waals surface area contributed by atoms with Gasteiger partial charge in [0.1, 0.15) is 11.3 Å². The number of nitrogens with zero attached hydrogens (tertiary/aromatic N) is 3. The number of aromatic nitrogens is 3. The van der Waals surface area contributed by atoms with Crippen LogP contribution in [-0.4, -0.2) is 14.5 Å². The molecule has 2 atom stereocenters. The van der Waals surface area contributed by atoms with Crippen molar-refractivity contribution < 1.29 is 0 Å². The normalized spacial score (nSPS) is 23.2. The number of halogens is 2. The van der Waals surface area contributed by atoms with Crippen LogP contribution < -0.4 is 0 Å². The van der Waals surface area contributed by atoms with Gasteiger partial charge in [0.05, 0.1) is 10.9 Å². The molecule has 5 heteroatoms. The Balaban J connectivity index is 2.14. The highest BCUT2D eigenvalue weighted by atomic mass is 35.5. The van der Waals surface area contributed by atoms with Crippen molar-refractivity contribution in [1.29, 1.82) is 0 Å². The van der Waals surface area contributed by atoms with E-state index in [0.29, 0.717) is 16.9 Å². The van der Waals surface area contributed by atoms with E-state index < -0.39 is 0 Å². The molecule has 1 aliphatic carbocycles. The van der Waals surface area contributed by atoms with Crippen LogP contribution in [0.25, 0.3) is 11.2 Å². The Morgan fingerprint density at radius 1 is 1.53 bits per heavy atom. The molecule has 2 unspecified atom stereocenters. The zero-order valence-electron chi connectivity index (χ0n) is 9.53. The molecule has 0 aliphatic heterocycles. The van der Waals surface area contributed by atoms with Gasteiger partial charge in [-0.1, -0.05) is 24.9 Å². The smallest absolute Gasteiger partial charge is 0.160 e. The van der Waals surface area contributed by atoms with E-state index in [1.165, 1.54) is 12.8 Å². The Hall–Kier alpha value is -0.800. The van der Waals surface area contributed by atoms with Crippen molar-refractivity contribution in [2.75, 3.05) is 0 Å². The summed E-state index contributed by atoms with van der Waals surface area (Å²) in [6.45, 7) is 2.22. The molecule has 0 radical (unpaired) electrons. The third kappa shape index (κ3) is 1.81. The van der Waals surface area contributed by atoms with Crippen LogP contribution in [0, 0.1) is 5.92 Å². The van der Waals surface area contributed by atoms with Crippen molar-refractivity contribution in [2.24, 2.45) is 5.92 Å². The molecule has 3 rings (SSSR count). The van der Waals surface area contributed by atoms with Crippen molar-refractivity contribution in [3.8, 4) is 0 Å². The fourth-order valence-electron chi connectivity index (χ4n) is 2.43. The van der Waals surface area contributed by atoms with Crippen molar-refractivity contribution >= 4 is 34.4 Å². The molecule has 3 nitrogen and oxygen atoms in total. The monoisotopic (exact) mass is 269 g/mol. The number of fused-ring (bicyclic) bond motifs is 1. The predicted molar refractivity (Wildman–Crippen MR) is 69.5 cm³/mol. The van der Waals surface area contributed by atoms with Gasteiger partial charge in [-0.3, -0.25) is 0 Å². The molecule has 2 heterocycles. The summed E-state index contributed by atoms with van der Waals surface area (Å²) >= 11 is 11.9. The van der Waals surface area contributed by atoms with Crippen LogP contribution in [0.3, 0.4) is 0 Å². The molecule has 1 fully saturated rings. The highest BCUT2D eigenvalue weighted by molar-refractivity contribution is 6.31. The lowest BCUT2D eigenvalue weighted by Gasteiger charge is -2.05. The lowest BCUT2D eigenvalue weighted by molar-refractivity contribution is 0.633. The fraction of sp³-hybridized carbons (Fsp3) is 0.500. The maximum atomic E-state index is 5.96. The maximum absolute atomic E-state index is 5.96. The van der Waals surface area contributed by atoms with E-state index in [0.717, 1.165) is 22.9 Å². The third-order valence-electron chi connectivity index (χ3n) is 3.43. The van der Waals surface area contributed by atoms with Gasteiger partial charge in [-0.05, 0) is 18.4 Å². The number of imidazole rings is 1. The number of rotatable bonds is 3. The summed E-state index contributed by atoms with van der Waals surface area (Å²) in [6, 6.07) is 2.37. The second-order valence-corrected chi connectivity index (χ2v) is 5.20. The first-order valence-corrected chi connectivity index (χ1v) is 6.74. The molecule has 2 aromatic heterocycles. The van der Waals surface area contributed by atoms with Gasteiger partial charge < -0.3 is 4.57 Å². The van der Waals surface area contributed by atoms with E-state index >= 15 is 0 Å². The lowest BCUT2D eigenvalue weighted by atomic mass is 10.3. The largest absolute Gasteiger partial charge is 0.308 e. The van der Waals surface area contributed by atoms with Crippen LogP contribution in [0.2, 0.25) is 5.02 Å². The fourth-order valence-corrected chi connectivity index (χ4v) is 2.77. The van der Waals surface area contributed by atoms with Gasteiger partial charge in [0.2, 0.25) is 0 Å². The van der Waals surface area contributed by atoms with Crippen molar-refractivity contribution in [1.82, 2.24) is 14.5 Å². The maximum Gasteiger partial charge on any atom is 0.160 e. The molecule has 2 aromatic rings. The van der Waals surface area contributed by atoms with Crippen LogP contribution in [-0.2, 0) is 5.88 Å². The molecule has 0 bridgehead atoms. The highest BCUT2D eigenvalue weighted by Crippen LogP contribution is 2.47. The van der Waals surface area contributed by atoms with E-state index in [1.54, 1.807) is 6.20 Å². The third-order valence-corrected chi connectivity index (χ3v) is 3.88. The van der Waals surface area contributed by atoms with E-state index in [1.807, 2.05) is 6.07 Å². The summed E-state index contributed by atoms with van der Waals surface area (Å²) in [4.78, 5) is 8.90. The van der Waals surface area contributed by atoms with Crippen LogP contribution >= 0.6 is 23.2 Å². The van der Waals surface area contributed by atoms with Crippen LogP contribution in [0.1, 0.15) is 31.6 Å². The standard InChI is InChI=1S/C12H13Cl2N3/c1-2-7-3-10(7)17-11(5-13)16-9-4-8(14)6-15-12(9)17/h4,6-7,10H,2-3,5H2,1H3. The van der Waals surface area contributed by atoms with E-state index in [4.69, 9.17) is 23.2 Å². The number of alkyl halides is 1. The molecule has 90 valence electrons. The molecule has 1 saturated carbocycles. The molecule has 1 aliphatic rings. The van der Waals surface area contributed by atoms with E-state index in [-0.39, 0.29) is 0 Å². The molecule has 0 aromatic carbocycles. The first-order chi connectivity index (χ1) is 8.24. The van der Waals surface area contributed by atoms with Gasteiger partial charge in [0, 0.05) is 12.2 Å². The van der Waals surface area contributed by atoms with Gasteiger partial charge in [0.15, 0.2) is 5.65 Å². The lowest BCUT2D eigenvalue weighted by Crippen LogP contribution is -2.02. The Kier molecular flexibility index (Phi) is 2.75. The topological polar surface area (TPSA) is 30.7 Å². The number of hydrogen-bond donors (Lipinski definition) is 0. The van der Waals surface area contributed by atoms with Gasteiger partial charge in [-0.25, -0.2) is 9.97 Å². The van der Waals surface area contributed by atoms with Gasteiger partial charge in [0.25, 0.3) is 0 Å². The highest BCUT2D eigenvalue weighted by Gasteiger charge is 2.39. The molecule has 0 amide bonds. The first-order valence-electron chi connectivity index (χ1n) is 5.83. The molecular formula is C12H13Cl2N3. The van der Waals surface area contributed by atoms with Crippen LogP contribution in [0.15, 0.2) is 12.3 Å². The summed E-state index contributed by atoms with van der Waals surface area (Å²) in [5.74, 6) is 2.06. The SMILES string of the molecule is CCC1CC1n1c(CCl)nc2cc(Cl)cnc21. The summed E-state index contributed by atoms with van der Waals surface area (Å²) in [7, 11) is 0. The Morgan fingerprint density at radius 3 is 3.00 bits per heavy atom. The van der Waals surface area contributed by atoms with Crippen LogP contribution in [0.5, 0.6) is 0 Å². The van der Waals surface area contributed by atoms with Gasteiger partial charge in [-0.15, -0.1) is 11.6 Å².